The molecule has 1 saturated heterocycles. The van der Waals surface area contributed by atoms with Crippen LogP contribution in [0.4, 0.5) is 0 Å². The number of likely N-dealkylation sites (tertiary alicyclic amines) is 1. The van der Waals surface area contributed by atoms with Gasteiger partial charge in [-0.1, -0.05) is 0 Å². The van der Waals surface area contributed by atoms with Crippen LogP contribution in [-0.4, -0.2) is 41.3 Å². The molecule has 0 unspecified atom stereocenters. The number of thioether (sulfide) groups is 1. The van der Waals surface area contributed by atoms with E-state index in [-0.39, 0.29) is 0 Å². The van der Waals surface area contributed by atoms with Gasteiger partial charge >= 0.3 is 0 Å². The van der Waals surface area contributed by atoms with E-state index >= 15 is 0 Å². The number of piperidine rings is 1. The van der Waals surface area contributed by atoms with E-state index in [2.05, 4.69) is 11.9 Å². The minimum absolute atomic E-state index is 0.424. The van der Waals surface area contributed by atoms with Gasteiger partial charge in [0.15, 0.2) is 0 Å². The van der Waals surface area contributed by atoms with Crippen molar-refractivity contribution in [2.45, 2.75) is 17.8 Å². The molecule has 0 aromatic rings. The van der Waals surface area contributed by atoms with Crippen molar-refractivity contribution in [2.75, 3.05) is 26.4 Å². The van der Waals surface area contributed by atoms with Gasteiger partial charge in [0.2, 0.25) is 0 Å². The van der Waals surface area contributed by atoms with Crippen molar-refractivity contribution in [3.63, 3.8) is 0 Å². The van der Waals surface area contributed by atoms with Crippen molar-refractivity contribution in [3.8, 4) is 0 Å². The normalized spacial score (nSPS) is 26.7. The highest BCUT2D eigenvalue weighted by Crippen LogP contribution is 2.30. The lowest BCUT2D eigenvalue weighted by Crippen LogP contribution is -2.40. The summed E-state index contributed by atoms with van der Waals surface area (Å²) < 4.78 is 0. The van der Waals surface area contributed by atoms with Crippen LogP contribution < -0.4 is 0 Å². The highest BCUT2D eigenvalue weighted by Gasteiger charge is 2.29. The second kappa shape index (κ2) is 3.11. The molecule has 0 aromatic carbocycles. The summed E-state index contributed by atoms with van der Waals surface area (Å²) in [5, 5.41) is 9.73. The summed E-state index contributed by atoms with van der Waals surface area (Å²) in [6.07, 6.45) is 3.79. The SMILES string of the molecule is CSC1(O)CCN(C)CC1. The number of hydrogen-bond donors (Lipinski definition) is 1. The maximum Gasteiger partial charge on any atom is 0.112 e. The van der Waals surface area contributed by atoms with Crippen molar-refractivity contribution in [1.82, 2.24) is 4.90 Å². The molecule has 60 valence electrons. The van der Waals surface area contributed by atoms with Gasteiger partial charge in [-0.15, -0.1) is 11.8 Å². The number of nitrogens with zero attached hydrogens (tertiary/aromatic N) is 1. The van der Waals surface area contributed by atoms with Gasteiger partial charge in [0, 0.05) is 13.1 Å². The van der Waals surface area contributed by atoms with E-state index in [0.717, 1.165) is 25.9 Å². The molecule has 2 nitrogen and oxygen atoms in total. The maximum absolute atomic E-state index is 9.73. The molecule has 0 spiro atoms. The van der Waals surface area contributed by atoms with Gasteiger partial charge in [-0.3, -0.25) is 0 Å². The van der Waals surface area contributed by atoms with Crippen molar-refractivity contribution < 1.29 is 5.11 Å². The van der Waals surface area contributed by atoms with E-state index in [9.17, 15) is 5.11 Å². The molecule has 0 atom stereocenters. The standard InChI is InChI=1S/C7H15NOS/c1-8-5-3-7(9,10-2)4-6-8/h9H,3-6H2,1-2H3. The van der Waals surface area contributed by atoms with Crippen molar-refractivity contribution in [2.24, 2.45) is 0 Å². The maximum atomic E-state index is 9.73. The Bertz CT molecular complexity index is 110. The van der Waals surface area contributed by atoms with Crippen LogP contribution >= 0.6 is 11.8 Å². The molecule has 1 fully saturated rings. The highest BCUT2D eigenvalue weighted by atomic mass is 32.2. The minimum atomic E-state index is -0.424. The second-order valence-electron chi connectivity index (χ2n) is 2.95. The predicted molar refractivity (Wildman–Crippen MR) is 45.2 cm³/mol. The Labute approximate surface area is 66.6 Å². The Kier molecular flexibility index (Phi) is 2.61. The van der Waals surface area contributed by atoms with Crippen LogP contribution in [0.3, 0.4) is 0 Å². The van der Waals surface area contributed by atoms with Crippen LogP contribution in [0.25, 0.3) is 0 Å². The van der Waals surface area contributed by atoms with E-state index in [4.69, 9.17) is 0 Å². The minimum Gasteiger partial charge on any atom is -0.379 e. The predicted octanol–water partition coefficient (Wildman–Crippen LogP) is 0.764. The Morgan fingerprint density at radius 2 is 1.90 bits per heavy atom. The van der Waals surface area contributed by atoms with Crippen molar-refractivity contribution in [1.29, 1.82) is 0 Å². The summed E-state index contributed by atoms with van der Waals surface area (Å²) in [6.45, 7) is 2.05. The van der Waals surface area contributed by atoms with Crippen LogP contribution in [0.2, 0.25) is 0 Å². The summed E-state index contributed by atoms with van der Waals surface area (Å²) in [4.78, 5) is 1.83. The zero-order chi connectivity index (χ0) is 7.61. The lowest BCUT2D eigenvalue weighted by atomic mass is 10.1. The summed E-state index contributed by atoms with van der Waals surface area (Å²) in [6, 6.07) is 0. The van der Waals surface area contributed by atoms with Crippen molar-refractivity contribution >= 4 is 11.8 Å². The average molecular weight is 161 g/mol. The third-order valence-electron chi connectivity index (χ3n) is 2.15. The van der Waals surface area contributed by atoms with E-state index in [0.29, 0.717) is 0 Å². The van der Waals surface area contributed by atoms with Gasteiger partial charge in [-0.2, -0.15) is 0 Å². The number of aliphatic hydroxyl groups is 1. The molecule has 0 aliphatic carbocycles. The average Bonchev–Trinajstić information content (AvgIpc) is 1.96. The Hall–Kier alpha value is 0.270. The molecule has 1 rings (SSSR count). The van der Waals surface area contributed by atoms with Gasteiger partial charge in [0.25, 0.3) is 0 Å². The van der Waals surface area contributed by atoms with Crippen LogP contribution in [0, 0.1) is 0 Å². The summed E-state index contributed by atoms with van der Waals surface area (Å²) >= 11 is 1.58. The lowest BCUT2D eigenvalue weighted by molar-refractivity contribution is 0.0645. The molecule has 0 amide bonds. The van der Waals surface area contributed by atoms with Crippen LogP contribution in [-0.2, 0) is 0 Å². The monoisotopic (exact) mass is 161 g/mol. The molecule has 0 saturated carbocycles. The fourth-order valence-electron chi connectivity index (χ4n) is 1.17. The first-order valence-corrected chi connectivity index (χ1v) is 4.85. The van der Waals surface area contributed by atoms with E-state index in [1.165, 1.54) is 0 Å². The molecule has 1 N–H and O–H groups in total. The first-order valence-electron chi connectivity index (χ1n) is 3.62. The van der Waals surface area contributed by atoms with Gasteiger partial charge in [-0.25, -0.2) is 0 Å². The van der Waals surface area contributed by atoms with Gasteiger partial charge in [0.05, 0.1) is 0 Å². The Morgan fingerprint density at radius 3 is 2.30 bits per heavy atom. The smallest absolute Gasteiger partial charge is 0.112 e. The zero-order valence-corrected chi connectivity index (χ0v) is 7.45. The zero-order valence-electron chi connectivity index (χ0n) is 6.63. The fourth-order valence-corrected chi connectivity index (χ4v) is 1.76. The fraction of sp³-hybridized carbons (Fsp3) is 1.00. The largest absolute Gasteiger partial charge is 0.379 e. The first-order chi connectivity index (χ1) is 4.66. The molecule has 0 aromatic heterocycles. The van der Waals surface area contributed by atoms with Gasteiger partial charge < -0.3 is 10.0 Å². The molecule has 0 bridgehead atoms. The topological polar surface area (TPSA) is 23.5 Å². The van der Waals surface area contributed by atoms with Crippen LogP contribution in [0.1, 0.15) is 12.8 Å². The van der Waals surface area contributed by atoms with Crippen molar-refractivity contribution in [3.05, 3.63) is 0 Å². The van der Waals surface area contributed by atoms with Crippen LogP contribution in [0.5, 0.6) is 0 Å². The molecular weight excluding hydrogens is 146 g/mol. The number of hydrogen-bond acceptors (Lipinski definition) is 3. The second-order valence-corrected chi connectivity index (χ2v) is 4.12. The highest BCUT2D eigenvalue weighted by molar-refractivity contribution is 7.99. The third-order valence-corrected chi connectivity index (χ3v) is 3.32. The van der Waals surface area contributed by atoms with Crippen LogP contribution in [0.15, 0.2) is 0 Å². The lowest BCUT2D eigenvalue weighted by Gasteiger charge is -2.34. The van der Waals surface area contributed by atoms with Gasteiger partial charge in [-0.05, 0) is 26.1 Å². The molecular formula is C7H15NOS. The Balaban J connectivity index is 2.38. The molecule has 1 aliphatic rings. The van der Waals surface area contributed by atoms with E-state index in [1.54, 1.807) is 11.8 Å². The van der Waals surface area contributed by atoms with E-state index < -0.39 is 4.93 Å². The molecule has 3 heteroatoms. The quantitative estimate of drug-likeness (QED) is 0.574. The van der Waals surface area contributed by atoms with E-state index in [1.807, 2.05) is 6.26 Å². The third kappa shape index (κ3) is 1.87. The summed E-state index contributed by atoms with van der Waals surface area (Å²) in [5.41, 5.74) is 0. The summed E-state index contributed by atoms with van der Waals surface area (Å²) in [7, 11) is 2.10. The molecule has 1 aliphatic heterocycles. The van der Waals surface area contributed by atoms with Gasteiger partial charge in [0.1, 0.15) is 4.93 Å². The summed E-state index contributed by atoms with van der Waals surface area (Å²) in [5.74, 6) is 0. The number of rotatable bonds is 1. The molecule has 0 radical (unpaired) electrons. The molecule has 1 heterocycles. The molecule has 10 heavy (non-hydrogen) atoms. The Morgan fingerprint density at radius 1 is 1.40 bits per heavy atom. The first kappa shape index (κ1) is 8.37.